The number of carbonyl (C=O) groups is 1. The van der Waals surface area contributed by atoms with Gasteiger partial charge < -0.3 is 4.90 Å². The van der Waals surface area contributed by atoms with Crippen molar-refractivity contribution in [3.8, 4) is 11.3 Å². The van der Waals surface area contributed by atoms with Gasteiger partial charge in [-0.2, -0.15) is 5.10 Å². The topological polar surface area (TPSA) is 50.5 Å². The number of carbonyl (C=O) groups excluding carboxylic acids is 1. The van der Waals surface area contributed by atoms with E-state index in [1.165, 1.54) is 12.0 Å². The first-order valence-corrected chi connectivity index (χ1v) is 10.1. The highest BCUT2D eigenvalue weighted by atomic mass is 16.2. The molecule has 2 unspecified atom stereocenters. The molecule has 0 spiro atoms. The second-order valence-corrected chi connectivity index (χ2v) is 8.44. The maximum atomic E-state index is 13.2. The Hall–Kier alpha value is -2.69. The molecular weight excluding hydrogens is 348 g/mol. The van der Waals surface area contributed by atoms with Crippen LogP contribution in [0.2, 0.25) is 0 Å². The fourth-order valence-corrected chi connectivity index (χ4v) is 4.29. The van der Waals surface area contributed by atoms with Crippen molar-refractivity contribution in [3.05, 3.63) is 53.3 Å². The summed E-state index contributed by atoms with van der Waals surface area (Å²) in [6, 6.07) is 12.2. The van der Waals surface area contributed by atoms with Crippen molar-refractivity contribution in [1.82, 2.24) is 19.5 Å². The van der Waals surface area contributed by atoms with Crippen molar-refractivity contribution in [1.29, 1.82) is 0 Å². The molecule has 3 aromatic rings. The van der Waals surface area contributed by atoms with Crippen molar-refractivity contribution in [2.45, 2.75) is 40.5 Å². The van der Waals surface area contributed by atoms with E-state index >= 15 is 0 Å². The van der Waals surface area contributed by atoms with E-state index in [4.69, 9.17) is 4.98 Å². The fourth-order valence-electron chi connectivity index (χ4n) is 4.29. The van der Waals surface area contributed by atoms with Crippen LogP contribution in [0.5, 0.6) is 0 Å². The predicted molar refractivity (Wildman–Crippen MR) is 111 cm³/mol. The number of nitrogens with zero attached hydrogens (tertiary/aromatic N) is 4. The number of amides is 1. The van der Waals surface area contributed by atoms with E-state index in [0.29, 0.717) is 18.3 Å². The van der Waals surface area contributed by atoms with E-state index < -0.39 is 0 Å². The number of fused-ring (bicyclic) bond motifs is 1. The standard InChI is InChI=1S/C23H28N4O/c1-15-5-8-19(9-6-15)23-20(27-21(24-23)10-7-18(4)25-27)12-22(28)26-13-16(2)11-17(3)14-26/h5-10,16-17H,11-14H2,1-4H3. The molecule has 0 bridgehead atoms. The Kier molecular flexibility index (Phi) is 4.92. The zero-order chi connectivity index (χ0) is 19.8. The van der Waals surface area contributed by atoms with E-state index in [1.807, 2.05) is 28.5 Å². The Morgan fingerprint density at radius 1 is 1.04 bits per heavy atom. The molecule has 2 atom stereocenters. The number of aromatic nitrogens is 3. The smallest absolute Gasteiger partial charge is 0.228 e. The van der Waals surface area contributed by atoms with E-state index in [-0.39, 0.29) is 5.91 Å². The number of aryl methyl sites for hydroxylation is 2. The third kappa shape index (κ3) is 3.66. The van der Waals surface area contributed by atoms with Gasteiger partial charge in [-0.1, -0.05) is 43.7 Å². The second kappa shape index (κ2) is 7.38. The van der Waals surface area contributed by atoms with Gasteiger partial charge in [0.1, 0.15) is 0 Å². The van der Waals surface area contributed by atoms with E-state index in [9.17, 15) is 4.79 Å². The lowest BCUT2D eigenvalue weighted by atomic mass is 9.91. The van der Waals surface area contributed by atoms with Gasteiger partial charge in [0, 0.05) is 18.7 Å². The number of hydrogen-bond donors (Lipinski definition) is 0. The van der Waals surface area contributed by atoms with Crippen LogP contribution in [0.4, 0.5) is 0 Å². The minimum Gasteiger partial charge on any atom is -0.342 e. The molecule has 1 aliphatic heterocycles. The maximum absolute atomic E-state index is 13.2. The SMILES string of the molecule is Cc1ccc(-c2nc3ccc(C)nn3c2CC(=O)N2CC(C)CC(C)C2)cc1. The summed E-state index contributed by atoms with van der Waals surface area (Å²) in [5.74, 6) is 1.26. The third-order valence-electron chi connectivity index (χ3n) is 5.57. The van der Waals surface area contributed by atoms with Gasteiger partial charge in [0.05, 0.1) is 23.5 Å². The summed E-state index contributed by atoms with van der Waals surface area (Å²) in [5.41, 5.74) is 5.65. The molecule has 146 valence electrons. The first kappa shape index (κ1) is 18.7. The van der Waals surface area contributed by atoms with Gasteiger partial charge in [-0.15, -0.1) is 0 Å². The van der Waals surface area contributed by atoms with Crippen LogP contribution in [0.25, 0.3) is 16.9 Å². The molecule has 5 heteroatoms. The third-order valence-corrected chi connectivity index (χ3v) is 5.57. The molecule has 0 radical (unpaired) electrons. The highest BCUT2D eigenvalue weighted by Gasteiger charge is 2.27. The number of hydrogen-bond acceptors (Lipinski definition) is 3. The summed E-state index contributed by atoms with van der Waals surface area (Å²) in [7, 11) is 0. The van der Waals surface area contributed by atoms with Crippen LogP contribution in [-0.4, -0.2) is 38.5 Å². The quantitative estimate of drug-likeness (QED) is 0.693. The summed E-state index contributed by atoms with van der Waals surface area (Å²) in [6.45, 7) is 10.2. The number of imidazole rings is 1. The Morgan fingerprint density at radius 3 is 2.39 bits per heavy atom. The van der Waals surface area contributed by atoms with Gasteiger partial charge in [0.2, 0.25) is 5.91 Å². The summed E-state index contributed by atoms with van der Waals surface area (Å²) in [4.78, 5) is 20.0. The predicted octanol–water partition coefficient (Wildman–Crippen LogP) is 4.06. The lowest BCUT2D eigenvalue weighted by molar-refractivity contribution is -0.133. The van der Waals surface area contributed by atoms with Crippen molar-refractivity contribution in [2.75, 3.05) is 13.1 Å². The first-order valence-electron chi connectivity index (χ1n) is 10.1. The summed E-state index contributed by atoms with van der Waals surface area (Å²) < 4.78 is 1.85. The largest absolute Gasteiger partial charge is 0.342 e. The molecule has 4 rings (SSSR count). The number of likely N-dealkylation sites (tertiary alicyclic amines) is 1. The number of benzene rings is 1. The molecule has 1 fully saturated rings. The van der Waals surface area contributed by atoms with Gasteiger partial charge in [0.15, 0.2) is 5.65 Å². The van der Waals surface area contributed by atoms with Crippen LogP contribution in [0.3, 0.4) is 0 Å². The van der Waals surface area contributed by atoms with Crippen molar-refractivity contribution in [3.63, 3.8) is 0 Å². The van der Waals surface area contributed by atoms with Gasteiger partial charge in [-0.3, -0.25) is 4.79 Å². The molecule has 1 aromatic carbocycles. The molecule has 1 aliphatic rings. The molecule has 1 amide bonds. The van der Waals surface area contributed by atoms with Crippen LogP contribution in [0.1, 0.15) is 37.2 Å². The molecule has 2 aromatic heterocycles. The number of piperidine rings is 1. The van der Waals surface area contributed by atoms with Crippen LogP contribution in [0.15, 0.2) is 36.4 Å². The Bertz CT molecular complexity index is 995. The molecule has 1 saturated heterocycles. The first-order chi connectivity index (χ1) is 13.4. The molecule has 28 heavy (non-hydrogen) atoms. The maximum Gasteiger partial charge on any atom is 0.228 e. The molecule has 0 aliphatic carbocycles. The zero-order valence-corrected chi connectivity index (χ0v) is 17.1. The molecular formula is C23H28N4O. The minimum atomic E-state index is 0.164. The average molecular weight is 377 g/mol. The lowest BCUT2D eigenvalue weighted by Crippen LogP contribution is -2.43. The highest BCUT2D eigenvalue weighted by molar-refractivity contribution is 5.81. The van der Waals surface area contributed by atoms with Gasteiger partial charge in [0.25, 0.3) is 0 Å². The van der Waals surface area contributed by atoms with Gasteiger partial charge in [-0.25, -0.2) is 9.50 Å². The molecule has 0 saturated carbocycles. The fraction of sp³-hybridized carbons (Fsp3) is 0.435. The van der Waals surface area contributed by atoms with Crippen molar-refractivity contribution >= 4 is 11.6 Å². The molecule has 5 nitrogen and oxygen atoms in total. The van der Waals surface area contributed by atoms with Crippen LogP contribution < -0.4 is 0 Å². The summed E-state index contributed by atoms with van der Waals surface area (Å²) in [5, 5.41) is 4.65. The molecule has 3 heterocycles. The van der Waals surface area contributed by atoms with Gasteiger partial charge >= 0.3 is 0 Å². The normalized spacial score (nSPS) is 19.9. The van der Waals surface area contributed by atoms with E-state index in [0.717, 1.165) is 41.4 Å². The average Bonchev–Trinajstić information content (AvgIpc) is 2.99. The highest BCUT2D eigenvalue weighted by Crippen LogP contribution is 2.27. The number of rotatable bonds is 3. The van der Waals surface area contributed by atoms with E-state index in [1.54, 1.807) is 0 Å². The summed E-state index contributed by atoms with van der Waals surface area (Å²) in [6.07, 6.45) is 1.51. The Morgan fingerprint density at radius 2 is 1.71 bits per heavy atom. The van der Waals surface area contributed by atoms with Crippen molar-refractivity contribution in [2.24, 2.45) is 11.8 Å². The van der Waals surface area contributed by atoms with Crippen LogP contribution in [0, 0.1) is 25.7 Å². The Balaban J connectivity index is 1.74. The van der Waals surface area contributed by atoms with Crippen LogP contribution in [-0.2, 0) is 11.2 Å². The second-order valence-electron chi connectivity index (χ2n) is 8.44. The van der Waals surface area contributed by atoms with Gasteiger partial charge in [-0.05, 0) is 44.2 Å². The minimum absolute atomic E-state index is 0.164. The summed E-state index contributed by atoms with van der Waals surface area (Å²) >= 11 is 0. The lowest BCUT2D eigenvalue weighted by Gasteiger charge is -2.35. The zero-order valence-electron chi connectivity index (χ0n) is 17.1. The molecule has 0 N–H and O–H groups in total. The van der Waals surface area contributed by atoms with E-state index in [2.05, 4.69) is 50.1 Å². The monoisotopic (exact) mass is 376 g/mol. The Labute approximate surface area is 166 Å². The van der Waals surface area contributed by atoms with Crippen molar-refractivity contribution < 1.29 is 4.79 Å². The van der Waals surface area contributed by atoms with Crippen LogP contribution >= 0.6 is 0 Å².